The third-order valence-corrected chi connectivity index (χ3v) is 1.75. The summed E-state index contributed by atoms with van der Waals surface area (Å²) in [6.45, 7) is 0.150. The van der Waals surface area contributed by atoms with Crippen molar-refractivity contribution in [1.82, 2.24) is 15.1 Å². The Hall–Kier alpha value is -1.43. The molecular weight excluding hydrogens is 186 g/mol. The average molecular weight is 199 g/mol. The van der Waals surface area contributed by atoms with Crippen LogP contribution in [0.5, 0.6) is 0 Å². The van der Waals surface area contributed by atoms with Crippen LogP contribution in [0.1, 0.15) is 0 Å². The zero-order valence-electron chi connectivity index (χ0n) is 8.24. The van der Waals surface area contributed by atoms with Crippen LogP contribution in [0.15, 0.2) is 0 Å². The summed E-state index contributed by atoms with van der Waals surface area (Å²) in [5, 5.41) is 2.13. The van der Waals surface area contributed by atoms with Crippen LogP contribution in [0.25, 0.3) is 0 Å². The predicted octanol–water partition coefficient (Wildman–Crippen LogP) is -1.97. The molecule has 14 heavy (non-hydrogen) atoms. The maximum absolute atomic E-state index is 11.5. The van der Waals surface area contributed by atoms with Gasteiger partial charge in [-0.1, -0.05) is 0 Å². The van der Waals surface area contributed by atoms with Gasteiger partial charge in [0, 0.05) is 0 Å². The van der Waals surface area contributed by atoms with Crippen molar-refractivity contribution < 1.29 is 14.4 Å². The highest BCUT2D eigenvalue weighted by atomic mass is 16.2. The molecule has 1 N–H and O–H groups in total. The fourth-order valence-electron chi connectivity index (χ4n) is 1.18. The highest BCUT2D eigenvalue weighted by molar-refractivity contribution is 6.02. The molecule has 6 heteroatoms. The fraction of sp³-hybridized carbons (Fsp3) is 0.625. The summed E-state index contributed by atoms with van der Waals surface area (Å²) in [7, 11) is 3.51. The van der Waals surface area contributed by atoms with E-state index in [1.54, 1.807) is 19.0 Å². The lowest BCUT2D eigenvalue weighted by Crippen LogP contribution is -2.54. The van der Waals surface area contributed by atoms with Gasteiger partial charge < -0.3 is 9.80 Å². The van der Waals surface area contributed by atoms with Gasteiger partial charge in [0.05, 0.1) is 6.54 Å². The summed E-state index contributed by atoms with van der Waals surface area (Å²) < 4.78 is 0. The molecule has 0 unspecified atom stereocenters. The number of imide groups is 1. The van der Waals surface area contributed by atoms with Gasteiger partial charge in [-0.2, -0.15) is 0 Å². The molecule has 1 aliphatic rings. The minimum absolute atomic E-state index is 0.0294. The molecule has 3 amide bonds. The Bertz CT molecular complexity index is 259. The van der Waals surface area contributed by atoms with Crippen molar-refractivity contribution in [2.75, 3.05) is 33.7 Å². The highest BCUT2D eigenvalue weighted by Crippen LogP contribution is 1.96. The van der Waals surface area contributed by atoms with Gasteiger partial charge in [0.25, 0.3) is 0 Å². The summed E-state index contributed by atoms with van der Waals surface area (Å²) in [5.74, 6) is -1.06. The van der Waals surface area contributed by atoms with Crippen LogP contribution in [0, 0.1) is 0 Å². The quantitative estimate of drug-likeness (QED) is 0.524. The van der Waals surface area contributed by atoms with Crippen LogP contribution >= 0.6 is 0 Å². The molecule has 0 aromatic rings. The van der Waals surface area contributed by atoms with Crippen LogP contribution in [0.2, 0.25) is 0 Å². The Morgan fingerprint density at radius 1 is 1.36 bits per heavy atom. The summed E-state index contributed by atoms with van der Waals surface area (Å²) in [6.07, 6.45) is 0. The van der Waals surface area contributed by atoms with E-state index in [0.29, 0.717) is 0 Å². The first kappa shape index (κ1) is 10.6. The molecule has 1 saturated heterocycles. The van der Waals surface area contributed by atoms with E-state index in [1.807, 2.05) is 0 Å². The van der Waals surface area contributed by atoms with E-state index in [2.05, 4.69) is 5.32 Å². The lowest BCUT2D eigenvalue weighted by Gasteiger charge is -2.26. The SMILES string of the molecule is CN(C)CC(=O)N1CC(=O)NC(=O)C1. The van der Waals surface area contributed by atoms with Gasteiger partial charge in [0.1, 0.15) is 13.1 Å². The van der Waals surface area contributed by atoms with Crippen LogP contribution in [0.3, 0.4) is 0 Å². The molecule has 0 bridgehead atoms. The van der Waals surface area contributed by atoms with Gasteiger partial charge in [-0.3, -0.25) is 19.7 Å². The minimum Gasteiger partial charge on any atom is -0.323 e. The lowest BCUT2D eigenvalue weighted by molar-refractivity contribution is -0.145. The standard InChI is InChI=1S/C8H13N3O3/c1-10(2)5-8(14)11-3-6(12)9-7(13)4-11/h3-5H2,1-2H3,(H,9,12,13). The Morgan fingerprint density at radius 3 is 2.29 bits per heavy atom. The average Bonchev–Trinajstić information content (AvgIpc) is 2.00. The first-order chi connectivity index (χ1) is 6.49. The van der Waals surface area contributed by atoms with E-state index in [1.165, 1.54) is 4.90 Å². The van der Waals surface area contributed by atoms with E-state index < -0.39 is 11.8 Å². The Morgan fingerprint density at radius 2 is 1.86 bits per heavy atom. The van der Waals surface area contributed by atoms with Crippen LogP contribution in [-0.4, -0.2) is 61.3 Å². The third kappa shape index (κ3) is 2.81. The Balaban J connectivity index is 2.55. The van der Waals surface area contributed by atoms with Crippen molar-refractivity contribution >= 4 is 17.7 Å². The predicted molar refractivity (Wildman–Crippen MR) is 48.3 cm³/mol. The lowest BCUT2D eigenvalue weighted by atomic mass is 10.3. The number of carbonyl (C=O) groups excluding carboxylic acids is 3. The molecule has 1 fully saturated rings. The van der Waals surface area contributed by atoms with Crippen molar-refractivity contribution in [3.63, 3.8) is 0 Å². The largest absolute Gasteiger partial charge is 0.323 e. The number of nitrogens with one attached hydrogen (secondary N) is 1. The van der Waals surface area contributed by atoms with Crippen molar-refractivity contribution in [2.24, 2.45) is 0 Å². The molecule has 0 spiro atoms. The van der Waals surface area contributed by atoms with Crippen molar-refractivity contribution in [1.29, 1.82) is 0 Å². The van der Waals surface area contributed by atoms with Gasteiger partial charge in [-0.05, 0) is 14.1 Å². The van der Waals surface area contributed by atoms with E-state index in [9.17, 15) is 14.4 Å². The van der Waals surface area contributed by atoms with Crippen LogP contribution < -0.4 is 5.32 Å². The molecule has 1 heterocycles. The zero-order chi connectivity index (χ0) is 10.7. The van der Waals surface area contributed by atoms with Crippen molar-refractivity contribution in [3.8, 4) is 0 Å². The van der Waals surface area contributed by atoms with Crippen molar-refractivity contribution in [3.05, 3.63) is 0 Å². The molecule has 1 aliphatic heterocycles. The molecule has 0 aromatic carbocycles. The van der Waals surface area contributed by atoms with Crippen molar-refractivity contribution in [2.45, 2.75) is 0 Å². The molecule has 0 aliphatic carbocycles. The highest BCUT2D eigenvalue weighted by Gasteiger charge is 2.26. The second-order valence-electron chi connectivity index (χ2n) is 3.46. The molecule has 0 radical (unpaired) electrons. The number of hydrogen-bond acceptors (Lipinski definition) is 4. The molecule has 1 rings (SSSR count). The molecule has 78 valence electrons. The normalized spacial score (nSPS) is 17.2. The number of hydrogen-bond donors (Lipinski definition) is 1. The van der Waals surface area contributed by atoms with Gasteiger partial charge in [-0.25, -0.2) is 0 Å². The Labute approximate surface area is 81.8 Å². The second-order valence-corrected chi connectivity index (χ2v) is 3.46. The van der Waals surface area contributed by atoms with Gasteiger partial charge in [0.2, 0.25) is 17.7 Å². The summed E-state index contributed by atoms with van der Waals surface area (Å²) in [4.78, 5) is 36.3. The minimum atomic E-state index is -0.423. The third-order valence-electron chi connectivity index (χ3n) is 1.75. The van der Waals surface area contributed by atoms with E-state index in [-0.39, 0.29) is 25.5 Å². The van der Waals surface area contributed by atoms with Gasteiger partial charge >= 0.3 is 0 Å². The first-order valence-electron chi connectivity index (χ1n) is 4.24. The Kier molecular flexibility index (Phi) is 3.19. The van der Waals surface area contributed by atoms with E-state index in [0.717, 1.165) is 0 Å². The monoisotopic (exact) mass is 199 g/mol. The maximum Gasteiger partial charge on any atom is 0.246 e. The maximum atomic E-state index is 11.5. The van der Waals surface area contributed by atoms with Crippen LogP contribution in [-0.2, 0) is 14.4 Å². The van der Waals surface area contributed by atoms with E-state index in [4.69, 9.17) is 0 Å². The summed E-state index contributed by atoms with van der Waals surface area (Å²) in [6, 6.07) is 0. The smallest absolute Gasteiger partial charge is 0.246 e. The summed E-state index contributed by atoms with van der Waals surface area (Å²) in [5.41, 5.74) is 0. The van der Waals surface area contributed by atoms with E-state index >= 15 is 0 Å². The number of amides is 3. The fourth-order valence-corrected chi connectivity index (χ4v) is 1.18. The molecule has 6 nitrogen and oxygen atoms in total. The van der Waals surface area contributed by atoms with Gasteiger partial charge in [0.15, 0.2) is 0 Å². The zero-order valence-corrected chi connectivity index (χ0v) is 8.24. The molecule has 0 atom stereocenters. The second kappa shape index (κ2) is 4.19. The summed E-state index contributed by atoms with van der Waals surface area (Å²) >= 11 is 0. The van der Waals surface area contributed by atoms with Crippen LogP contribution in [0.4, 0.5) is 0 Å². The molecule has 0 saturated carbocycles. The topological polar surface area (TPSA) is 69.7 Å². The van der Waals surface area contributed by atoms with Gasteiger partial charge in [-0.15, -0.1) is 0 Å². The molecule has 0 aromatic heterocycles. The number of piperazine rings is 1. The number of likely N-dealkylation sites (N-methyl/N-ethyl adjacent to an activating group) is 1. The first-order valence-corrected chi connectivity index (χ1v) is 4.24. The number of rotatable bonds is 2. The number of nitrogens with zero attached hydrogens (tertiary/aromatic N) is 2. The number of carbonyl (C=O) groups is 3. The molecular formula is C8H13N3O3.